The van der Waals surface area contributed by atoms with Crippen molar-refractivity contribution in [1.82, 2.24) is 4.90 Å². The molecule has 1 N–H and O–H groups in total. The second-order valence-corrected chi connectivity index (χ2v) is 5.40. The highest BCUT2D eigenvalue weighted by Gasteiger charge is 2.30. The molecular weight excluding hydrogens is 268 g/mol. The van der Waals surface area contributed by atoms with Gasteiger partial charge in [0, 0.05) is 13.1 Å². The highest BCUT2D eigenvalue weighted by molar-refractivity contribution is 5.94. The molecule has 0 radical (unpaired) electrons. The third kappa shape index (κ3) is 4.12. The van der Waals surface area contributed by atoms with Crippen LogP contribution in [0.3, 0.4) is 0 Å². The van der Waals surface area contributed by atoms with Gasteiger partial charge in [-0.3, -0.25) is 4.79 Å². The Kier molecular flexibility index (Phi) is 4.37. The lowest BCUT2D eigenvalue weighted by Gasteiger charge is -2.32. The van der Waals surface area contributed by atoms with Crippen molar-refractivity contribution in [2.75, 3.05) is 20.2 Å². The van der Waals surface area contributed by atoms with Gasteiger partial charge in [-0.05, 0) is 31.9 Å². The fourth-order valence-electron chi connectivity index (χ4n) is 2.18. The number of hydrogen-bond acceptors (Lipinski definition) is 3. The molecule has 0 spiro atoms. The monoisotopic (exact) mass is 288 g/mol. The van der Waals surface area contributed by atoms with Gasteiger partial charge < -0.3 is 14.7 Å². The number of amidine groups is 1. The second kappa shape index (κ2) is 6.04. The van der Waals surface area contributed by atoms with E-state index in [9.17, 15) is 4.79 Å². The Morgan fingerprint density at radius 3 is 2.52 bits per heavy atom. The number of aliphatic imine (C=N–C) groups is 1. The van der Waals surface area contributed by atoms with Crippen molar-refractivity contribution in [2.45, 2.75) is 25.3 Å². The number of ether oxygens (including phenoxy) is 1. The molecule has 112 valence electrons. The van der Waals surface area contributed by atoms with Crippen LogP contribution in [0.25, 0.3) is 0 Å². The first-order valence-electron chi connectivity index (χ1n) is 6.96. The van der Waals surface area contributed by atoms with Gasteiger partial charge in [0.05, 0.1) is 13.0 Å². The van der Waals surface area contributed by atoms with Gasteiger partial charge in [-0.15, -0.1) is 0 Å². The van der Waals surface area contributed by atoms with Gasteiger partial charge in [-0.1, -0.05) is 18.4 Å². The molecule has 0 saturated carbocycles. The number of aliphatic carboxylic acids is 1. The van der Waals surface area contributed by atoms with Crippen LogP contribution in [-0.4, -0.2) is 47.5 Å². The van der Waals surface area contributed by atoms with Crippen LogP contribution in [0.4, 0.5) is 0 Å². The van der Waals surface area contributed by atoms with Crippen molar-refractivity contribution in [3.63, 3.8) is 0 Å². The number of carboxylic acid groups (broad SMARTS) is 1. The molecule has 0 unspecified atom stereocenters. The average Bonchev–Trinajstić information content (AvgIpc) is 3.20. The first-order chi connectivity index (χ1) is 9.93. The Labute approximate surface area is 125 Å². The number of rotatable bonds is 5. The lowest BCUT2D eigenvalue weighted by atomic mass is 9.97. The van der Waals surface area contributed by atoms with Crippen molar-refractivity contribution in [3.05, 3.63) is 24.5 Å². The summed E-state index contributed by atoms with van der Waals surface area (Å²) in [6, 6.07) is 0. The van der Waals surface area contributed by atoms with E-state index in [1.54, 1.807) is 13.2 Å². The van der Waals surface area contributed by atoms with E-state index in [2.05, 4.69) is 28.3 Å². The number of methoxy groups -OCH3 is 1. The SMILES string of the molecule is C=C(/C=C\C(=NC1(C)C#C1)N1CCC(C(=O)O)CC1)OC. The normalized spacial score (nSPS) is 20.9. The van der Waals surface area contributed by atoms with E-state index >= 15 is 0 Å². The summed E-state index contributed by atoms with van der Waals surface area (Å²) in [5, 5.41) is 9.06. The predicted octanol–water partition coefficient (Wildman–Crippen LogP) is 1.67. The van der Waals surface area contributed by atoms with Gasteiger partial charge >= 0.3 is 5.97 Å². The lowest BCUT2D eigenvalue weighted by molar-refractivity contribution is -0.143. The van der Waals surface area contributed by atoms with E-state index in [1.807, 2.05) is 13.0 Å². The minimum atomic E-state index is -0.714. The van der Waals surface area contributed by atoms with E-state index in [-0.39, 0.29) is 5.92 Å². The predicted molar refractivity (Wildman–Crippen MR) is 80.8 cm³/mol. The highest BCUT2D eigenvalue weighted by atomic mass is 16.5. The third-order valence-electron chi connectivity index (χ3n) is 3.67. The van der Waals surface area contributed by atoms with Crippen LogP contribution < -0.4 is 0 Å². The van der Waals surface area contributed by atoms with Crippen molar-refractivity contribution in [2.24, 2.45) is 10.9 Å². The molecule has 0 aromatic rings. The smallest absolute Gasteiger partial charge is 0.306 e. The summed E-state index contributed by atoms with van der Waals surface area (Å²) >= 11 is 0. The van der Waals surface area contributed by atoms with Gasteiger partial charge in [0.15, 0.2) is 5.54 Å². The zero-order chi connectivity index (χ0) is 15.5. The maximum absolute atomic E-state index is 11.0. The maximum Gasteiger partial charge on any atom is 0.306 e. The molecule has 0 atom stereocenters. The van der Waals surface area contributed by atoms with Crippen LogP contribution >= 0.6 is 0 Å². The Morgan fingerprint density at radius 2 is 2.05 bits per heavy atom. The van der Waals surface area contributed by atoms with Gasteiger partial charge in [0.25, 0.3) is 0 Å². The Balaban J connectivity index is 2.06. The number of carbonyl (C=O) groups is 1. The Morgan fingerprint density at radius 1 is 1.43 bits per heavy atom. The lowest BCUT2D eigenvalue weighted by Crippen LogP contribution is -2.40. The number of nitrogens with zero attached hydrogens (tertiary/aromatic N) is 2. The molecule has 1 aliphatic carbocycles. The summed E-state index contributed by atoms with van der Waals surface area (Å²) in [6.45, 7) is 7.03. The van der Waals surface area contributed by atoms with Crippen LogP contribution in [-0.2, 0) is 9.53 Å². The molecule has 2 rings (SSSR count). The summed E-state index contributed by atoms with van der Waals surface area (Å²) < 4.78 is 5.02. The maximum atomic E-state index is 11.0. The van der Waals surface area contributed by atoms with Gasteiger partial charge in [0.1, 0.15) is 11.6 Å². The molecule has 1 aliphatic heterocycles. The fraction of sp³-hybridized carbons (Fsp3) is 0.500. The largest absolute Gasteiger partial charge is 0.497 e. The van der Waals surface area contributed by atoms with Crippen LogP contribution in [0, 0.1) is 17.8 Å². The zero-order valence-corrected chi connectivity index (χ0v) is 12.4. The van der Waals surface area contributed by atoms with Crippen LogP contribution in [0.5, 0.6) is 0 Å². The average molecular weight is 288 g/mol. The number of carboxylic acids is 1. The molecule has 5 heteroatoms. The first kappa shape index (κ1) is 15.2. The molecule has 0 aromatic heterocycles. The molecule has 0 aromatic carbocycles. The van der Waals surface area contributed by atoms with Gasteiger partial charge in [-0.25, -0.2) is 4.99 Å². The minimum Gasteiger partial charge on any atom is -0.497 e. The molecule has 2 aliphatic rings. The number of allylic oxidation sites excluding steroid dienone is 1. The quantitative estimate of drug-likeness (QED) is 0.275. The van der Waals surface area contributed by atoms with E-state index in [4.69, 9.17) is 9.84 Å². The van der Waals surface area contributed by atoms with Gasteiger partial charge in [-0.2, -0.15) is 0 Å². The number of likely N-dealkylation sites (tertiary alicyclic amines) is 1. The van der Waals surface area contributed by atoms with Crippen LogP contribution in [0.1, 0.15) is 19.8 Å². The van der Waals surface area contributed by atoms with E-state index in [0.29, 0.717) is 31.7 Å². The molecule has 5 nitrogen and oxygen atoms in total. The van der Waals surface area contributed by atoms with Crippen LogP contribution in [0.15, 0.2) is 29.5 Å². The molecule has 1 fully saturated rings. The van der Waals surface area contributed by atoms with E-state index in [1.165, 1.54) is 0 Å². The molecular formula is C16H20N2O3. The standard InChI is InChI=1S/C16H20N2O3/c1-12(21-3)4-5-14(17-16(2)8-9-16)18-10-6-13(7-11-18)15(19)20/h4-5,13H,1,6-7,10-11H2,2-3H3,(H,19,20)/b5-4-,17-14?. The molecule has 1 saturated heterocycles. The summed E-state index contributed by atoms with van der Waals surface area (Å²) in [7, 11) is 1.56. The van der Waals surface area contributed by atoms with E-state index < -0.39 is 11.5 Å². The summed E-state index contributed by atoms with van der Waals surface area (Å²) in [6.07, 6.45) is 4.86. The summed E-state index contributed by atoms with van der Waals surface area (Å²) in [4.78, 5) is 17.7. The van der Waals surface area contributed by atoms with Crippen molar-refractivity contribution in [3.8, 4) is 11.8 Å². The fourth-order valence-corrected chi connectivity index (χ4v) is 2.18. The molecule has 0 amide bonds. The molecule has 0 bridgehead atoms. The highest BCUT2D eigenvalue weighted by Crippen LogP contribution is 2.22. The van der Waals surface area contributed by atoms with Crippen molar-refractivity contribution >= 4 is 11.8 Å². The summed E-state index contributed by atoms with van der Waals surface area (Å²) in [5.74, 6) is 6.29. The second-order valence-electron chi connectivity index (χ2n) is 5.40. The first-order valence-corrected chi connectivity index (χ1v) is 6.96. The topological polar surface area (TPSA) is 62.1 Å². The Hall–Kier alpha value is -2.22. The van der Waals surface area contributed by atoms with E-state index in [0.717, 1.165) is 5.84 Å². The van der Waals surface area contributed by atoms with Crippen molar-refractivity contribution in [1.29, 1.82) is 0 Å². The zero-order valence-electron chi connectivity index (χ0n) is 12.4. The third-order valence-corrected chi connectivity index (χ3v) is 3.67. The van der Waals surface area contributed by atoms with Crippen molar-refractivity contribution < 1.29 is 14.6 Å². The number of hydrogen-bond donors (Lipinski definition) is 1. The summed E-state index contributed by atoms with van der Waals surface area (Å²) in [5.41, 5.74) is -0.447. The van der Waals surface area contributed by atoms with Crippen LogP contribution in [0.2, 0.25) is 0 Å². The number of piperidine rings is 1. The molecule has 21 heavy (non-hydrogen) atoms. The van der Waals surface area contributed by atoms with Gasteiger partial charge in [0.2, 0.25) is 0 Å². The minimum absolute atomic E-state index is 0.256. The molecule has 1 heterocycles. The Bertz CT molecular complexity index is 550.